The fraction of sp³-hybridized carbons (Fsp3) is 0.111. The fourth-order valence-electron chi connectivity index (χ4n) is 4.75. The maximum absolute atomic E-state index is 6.63. The van der Waals surface area contributed by atoms with E-state index in [0.29, 0.717) is 0 Å². The molecule has 0 amide bonds. The third-order valence-electron chi connectivity index (χ3n) is 6.03. The van der Waals surface area contributed by atoms with Gasteiger partial charge in [-0.05, 0) is 45.0 Å². The van der Waals surface area contributed by atoms with Gasteiger partial charge < -0.3 is 5.73 Å². The van der Waals surface area contributed by atoms with E-state index in [4.69, 9.17) is 5.73 Å². The zero-order valence-corrected chi connectivity index (χ0v) is 16.2. The van der Waals surface area contributed by atoms with E-state index in [9.17, 15) is 0 Å². The van der Waals surface area contributed by atoms with E-state index in [2.05, 4.69) is 105 Å². The van der Waals surface area contributed by atoms with Crippen molar-refractivity contribution in [2.45, 2.75) is 19.3 Å². The molecule has 136 valence electrons. The van der Waals surface area contributed by atoms with Crippen LogP contribution in [0.5, 0.6) is 0 Å². The molecule has 1 aliphatic rings. The Morgan fingerprint density at radius 3 is 1.93 bits per heavy atom. The Bertz CT molecular complexity index is 1190. The molecule has 0 unspecified atom stereocenters. The molecule has 5 rings (SSSR count). The summed E-state index contributed by atoms with van der Waals surface area (Å²) in [5.74, 6) is 0. The number of rotatable bonds is 2. The van der Waals surface area contributed by atoms with E-state index in [1.54, 1.807) is 0 Å². The Kier molecular flexibility index (Phi) is 3.67. The van der Waals surface area contributed by atoms with Crippen LogP contribution in [0.3, 0.4) is 0 Å². The number of nitrogens with two attached hydrogens (primary N) is 1. The van der Waals surface area contributed by atoms with Gasteiger partial charge in [-0.3, -0.25) is 0 Å². The van der Waals surface area contributed by atoms with Gasteiger partial charge in [-0.15, -0.1) is 0 Å². The lowest BCUT2D eigenvalue weighted by Crippen LogP contribution is -2.17. The molecule has 2 N–H and O–H groups in total. The Morgan fingerprint density at radius 1 is 0.571 bits per heavy atom. The highest BCUT2D eigenvalue weighted by molar-refractivity contribution is 5.97. The molecular formula is C27H23N. The first-order valence-corrected chi connectivity index (χ1v) is 9.76. The second kappa shape index (κ2) is 6.10. The molecule has 1 nitrogen and oxygen atoms in total. The third kappa shape index (κ3) is 2.33. The summed E-state index contributed by atoms with van der Waals surface area (Å²) in [6.45, 7) is 4.62. The first-order chi connectivity index (χ1) is 13.6. The van der Waals surface area contributed by atoms with Gasteiger partial charge in [0.05, 0.1) is 0 Å². The molecular weight excluding hydrogens is 338 g/mol. The van der Waals surface area contributed by atoms with Crippen molar-refractivity contribution in [1.82, 2.24) is 0 Å². The lowest BCUT2D eigenvalue weighted by Gasteiger charge is -2.26. The normalized spacial score (nSPS) is 13.8. The fourth-order valence-corrected chi connectivity index (χ4v) is 4.75. The monoisotopic (exact) mass is 361 g/mol. The quantitative estimate of drug-likeness (QED) is 0.386. The van der Waals surface area contributed by atoms with Gasteiger partial charge in [-0.2, -0.15) is 0 Å². The number of benzene rings is 4. The van der Waals surface area contributed by atoms with Crippen molar-refractivity contribution < 1.29 is 0 Å². The van der Waals surface area contributed by atoms with Gasteiger partial charge in [-0.1, -0.05) is 98.8 Å². The number of anilines is 1. The minimum absolute atomic E-state index is 0.0968. The molecule has 4 aromatic rings. The molecule has 0 bridgehead atoms. The van der Waals surface area contributed by atoms with E-state index in [-0.39, 0.29) is 5.41 Å². The van der Waals surface area contributed by atoms with Crippen molar-refractivity contribution >= 4 is 5.69 Å². The maximum atomic E-state index is 6.63. The maximum Gasteiger partial charge on any atom is 0.0397 e. The summed E-state index contributed by atoms with van der Waals surface area (Å²) in [5, 5.41) is 0. The predicted octanol–water partition coefficient (Wildman–Crippen LogP) is 6.91. The second-order valence-corrected chi connectivity index (χ2v) is 8.03. The second-order valence-electron chi connectivity index (χ2n) is 8.03. The Balaban J connectivity index is 1.85. The Labute approximate surface area is 166 Å². The van der Waals surface area contributed by atoms with Crippen molar-refractivity contribution in [2.75, 3.05) is 5.73 Å². The van der Waals surface area contributed by atoms with Crippen LogP contribution in [0.25, 0.3) is 33.4 Å². The molecule has 0 fully saturated rings. The summed E-state index contributed by atoms with van der Waals surface area (Å²) in [6.07, 6.45) is 0. The van der Waals surface area contributed by atoms with Crippen molar-refractivity contribution in [3.8, 4) is 33.4 Å². The largest absolute Gasteiger partial charge is 0.398 e. The minimum Gasteiger partial charge on any atom is -0.398 e. The van der Waals surface area contributed by atoms with E-state index in [1.165, 1.54) is 38.9 Å². The van der Waals surface area contributed by atoms with Gasteiger partial charge in [0.15, 0.2) is 0 Å². The summed E-state index contributed by atoms with van der Waals surface area (Å²) in [7, 11) is 0. The molecule has 0 heterocycles. The molecule has 0 aromatic heterocycles. The van der Waals surface area contributed by atoms with E-state index in [0.717, 1.165) is 11.3 Å². The highest BCUT2D eigenvalue weighted by atomic mass is 14.6. The molecule has 0 saturated heterocycles. The van der Waals surface area contributed by atoms with Crippen molar-refractivity contribution in [2.24, 2.45) is 0 Å². The summed E-state index contributed by atoms with van der Waals surface area (Å²) in [5.41, 5.74) is 17.5. The molecule has 0 aliphatic heterocycles. The van der Waals surface area contributed by atoms with Crippen molar-refractivity contribution in [1.29, 1.82) is 0 Å². The van der Waals surface area contributed by atoms with E-state index in [1.807, 2.05) is 0 Å². The number of hydrogen-bond acceptors (Lipinski definition) is 1. The lowest BCUT2D eigenvalue weighted by molar-refractivity contribution is 0.662. The average Bonchev–Trinajstić information content (AvgIpc) is 2.96. The van der Waals surface area contributed by atoms with Crippen molar-refractivity contribution in [3.05, 3.63) is 102 Å². The SMILES string of the molecule is CC1(C)c2ccccc2-c2ccc(N)c(-c3ccccc3-c3ccccc3)c21. The predicted molar refractivity (Wildman–Crippen MR) is 119 cm³/mol. The van der Waals surface area contributed by atoms with Gasteiger partial charge in [0.25, 0.3) is 0 Å². The van der Waals surface area contributed by atoms with Gasteiger partial charge >= 0.3 is 0 Å². The summed E-state index contributed by atoms with van der Waals surface area (Å²) >= 11 is 0. The molecule has 28 heavy (non-hydrogen) atoms. The Hall–Kier alpha value is -3.32. The number of nitrogen functional groups attached to an aromatic ring is 1. The molecule has 0 atom stereocenters. The molecule has 4 aromatic carbocycles. The summed E-state index contributed by atoms with van der Waals surface area (Å²) < 4.78 is 0. The zero-order valence-electron chi connectivity index (χ0n) is 16.2. The van der Waals surface area contributed by atoms with Crippen LogP contribution in [0.4, 0.5) is 5.69 Å². The molecule has 0 saturated carbocycles. The van der Waals surface area contributed by atoms with Crippen LogP contribution in [-0.4, -0.2) is 0 Å². The molecule has 0 radical (unpaired) electrons. The summed E-state index contributed by atoms with van der Waals surface area (Å²) in [4.78, 5) is 0. The van der Waals surface area contributed by atoms with Crippen LogP contribution in [0.2, 0.25) is 0 Å². The number of hydrogen-bond donors (Lipinski definition) is 1. The van der Waals surface area contributed by atoms with E-state index >= 15 is 0 Å². The molecule has 1 heteroatoms. The highest BCUT2D eigenvalue weighted by Gasteiger charge is 2.38. The third-order valence-corrected chi connectivity index (χ3v) is 6.03. The molecule has 1 aliphatic carbocycles. The van der Waals surface area contributed by atoms with Crippen LogP contribution < -0.4 is 5.73 Å². The Morgan fingerprint density at radius 2 is 1.18 bits per heavy atom. The van der Waals surface area contributed by atoms with Crippen LogP contribution in [-0.2, 0) is 5.41 Å². The van der Waals surface area contributed by atoms with Gasteiger partial charge in [0.2, 0.25) is 0 Å². The van der Waals surface area contributed by atoms with Crippen LogP contribution in [0.15, 0.2) is 91.0 Å². The first kappa shape index (κ1) is 16.8. The lowest BCUT2D eigenvalue weighted by atomic mass is 9.77. The minimum atomic E-state index is -0.0968. The first-order valence-electron chi connectivity index (χ1n) is 9.76. The molecule has 0 spiro atoms. The standard InChI is InChI=1S/C27H23N/c1-27(2)23-15-9-8-13-20(23)22-16-17-24(28)25(26(22)27)21-14-7-6-12-19(21)18-10-4-3-5-11-18/h3-17H,28H2,1-2H3. The van der Waals surface area contributed by atoms with Crippen LogP contribution in [0, 0.1) is 0 Å². The topological polar surface area (TPSA) is 26.0 Å². The smallest absolute Gasteiger partial charge is 0.0397 e. The number of fused-ring (bicyclic) bond motifs is 3. The zero-order chi connectivity index (χ0) is 19.3. The van der Waals surface area contributed by atoms with Gasteiger partial charge in [0.1, 0.15) is 0 Å². The van der Waals surface area contributed by atoms with Crippen LogP contribution >= 0.6 is 0 Å². The summed E-state index contributed by atoms with van der Waals surface area (Å²) in [6, 6.07) is 32.1. The average molecular weight is 361 g/mol. The van der Waals surface area contributed by atoms with E-state index < -0.39 is 0 Å². The van der Waals surface area contributed by atoms with Crippen molar-refractivity contribution in [3.63, 3.8) is 0 Å². The van der Waals surface area contributed by atoms with Gasteiger partial charge in [-0.25, -0.2) is 0 Å². The van der Waals surface area contributed by atoms with Gasteiger partial charge in [0, 0.05) is 16.7 Å². The van der Waals surface area contributed by atoms with Crippen LogP contribution in [0.1, 0.15) is 25.0 Å². The highest BCUT2D eigenvalue weighted by Crippen LogP contribution is 2.54.